The highest BCUT2D eigenvalue weighted by molar-refractivity contribution is 5.38. The molecule has 0 spiro atoms. The number of hydrogen-bond acceptors (Lipinski definition) is 6. The topological polar surface area (TPSA) is 65.5 Å². The number of aromatic nitrogens is 2. The van der Waals surface area contributed by atoms with Crippen molar-refractivity contribution in [3.05, 3.63) is 11.9 Å². The molecule has 1 aliphatic carbocycles. The van der Waals surface area contributed by atoms with Gasteiger partial charge in [0.25, 0.3) is 0 Å². The summed E-state index contributed by atoms with van der Waals surface area (Å²) >= 11 is 0. The zero-order valence-electron chi connectivity index (χ0n) is 12.2. The zero-order valence-corrected chi connectivity index (χ0v) is 12.2. The molecule has 0 unspecified atom stereocenters. The second-order valence-corrected chi connectivity index (χ2v) is 4.78. The maximum absolute atomic E-state index is 5.67. The Labute approximate surface area is 119 Å². The molecule has 0 saturated heterocycles. The van der Waals surface area contributed by atoms with Crippen molar-refractivity contribution in [3.63, 3.8) is 0 Å². The van der Waals surface area contributed by atoms with Gasteiger partial charge >= 0.3 is 0 Å². The van der Waals surface area contributed by atoms with Crippen molar-refractivity contribution in [3.8, 4) is 5.88 Å². The number of hydrogen-bond donors (Lipinski definition) is 1. The molecular formula is C14H23N3O3. The molecule has 1 N–H and O–H groups in total. The summed E-state index contributed by atoms with van der Waals surface area (Å²) in [6.07, 6.45) is 3.20. The van der Waals surface area contributed by atoms with Gasteiger partial charge in [0.2, 0.25) is 5.88 Å². The van der Waals surface area contributed by atoms with Gasteiger partial charge in [-0.25, -0.2) is 4.98 Å². The van der Waals surface area contributed by atoms with E-state index in [0.717, 1.165) is 18.1 Å². The Morgan fingerprint density at radius 1 is 1.20 bits per heavy atom. The predicted octanol–water partition coefficient (Wildman–Crippen LogP) is 1.83. The summed E-state index contributed by atoms with van der Waals surface area (Å²) < 4.78 is 16.0. The summed E-state index contributed by atoms with van der Waals surface area (Å²) in [5.74, 6) is 2.86. The molecule has 1 aromatic heterocycles. The van der Waals surface area contributed by atoms with Crippen molar-refractivity contribution in [2.75, 3.05) is 45.9 Å². The first kappa shape index (κ1) is 15.0. The predicted molar refractivity (Wildman–Crippen MR) is 76.4 cm³/mol. The summed E-state index contributed by atoms with van der Waals surface area (Å²) in [5, 5.41) is 3.05. The number of nitrogens with one attached hydrogen (secondary N) is 1. The second-order valence-electron chi connectivity index (χ2n) is 4.78. The van der Waals surface area contributed by atoms with Crippen molar-refractivity contribution in [2.45, 2.75) is 25.2 Å². The molecule has 0 aromatic carbocycles. The van der Waals surface area contributed by atoms with Crippen molar-refractivity contribution in [1.29, 1.82) is 0 Å². The van der Waals surface area contributed by atoms with Gasteiger partial charge in [-0.2, -0.15) is 4.98 Å². The molecule has 1 fully saturated rings. The minimum Gasteiger partial charge on any atom is -0.477 e. The lowest BCUT2D eigenvalue weighted by Gasteiger charge is -2.09. The molecule has 20 heavy (non-hydrogen) atoms. The van der Waals surface area contributed by atoms with Gasteiger partial charge < -0.3 is 19.5 Å². The van der Waals surface area contributed by atoms with Crippen LogP contribution in [-0.2, 0) is 9.47 Å². The number of methoxy groups -OCH3 is 1. The lowest BCUT2D eigenvalue weighted by Crippen LogP contribution is -2.08. The van der Waals surface area contributed by atoms with E-state index in [1.807, 2.05) is 13.1 Å². The highest BCUT2D eigenvalue weighted by atomic mass is 16.5. The smallest absolute Gasteiger partial charge is 0.218 e. The maximum Gasteiger partial charge on any atom is 0.218 e. The molecule has 0 atom stereocenters. The molecule has 0 aliphatic heterocycles. The van der Waals surface area contributed by atoms with Gasteiger partial charge in [0, 0.05) is 39.2 Å². The molecular weight excluding hydrogens is 258 g/mol. The van der Waals surface area contributed by atoms with Crippen LogP contribution in [0.3, 0.4) is 0 Å². The van der Waals surface area contributed by atoms with Gasteiger partial charge in [0.05, 0.1) is 19.8 Å². The fraction of sp³-hybridized carbons (Fsp3) is 0.714. The first-order valence-corrected chi connectivity index (χ1v) is 7.09. The van der Waals surface area contributed by atoms with E-state index in [4.69, 9.17) is 14.2 Å². The van der Waals surface area contributed by atoms with Gasteiger partial charge in [-0.3, -0.25) is 0 Å². The Kier molecular flexibility index (Phi) is 6.01. The summed E-state index contributed by atoms with van der Waals surface area (Å²) in [6, 6.07) is 1.83. The van der Waals surface area contributed by atoms with E-state index in [1.165, 1.54) is 12.8 Å². The van der Waals surface area contributed by atoms with E-state index in [9.17, 15) is 0 Å². The molecule has 1 heterocycles. The van der Waals surface area contributed by atoms with E-state index in [1.54, 1.807) is 7.11 Å². The molecule has 6 heteroatoms. The first-order valence-electron chi connectivity index (χ1n) is 7.09. The Balaban J connectivity index is 1.73. The average Bonchev–Trinajstić information content (AvgIpc) is 3.30. The number of rotatable bonds is 10. The van der Waals surface area contributed by atoms with Gasteiger partial charge in [-0.15, -0.1) is 0 Å². The molecule has 112 valence electrons. The molecule has 1 aromatic rings. The number of nitrogens with zero attached hydrogens (tertiary/aromatic N) is 2. The number of anilines is 1. The Morgan fingerprint density at radius 2 is 2.05 bits per heavy atom. The summed E-state index contributed by atoms with van der Waals surface area (Å²) in [7, 11) is 3.52. The van der Waals surface area contributed by atoms with Crippen LogP contribution in [0.15, 0.2) is 6.07 Å². The van der Waals surface area contributed by atoms with Crippen molar-refractivity contribution in [1.82, 2.24) is 9.97 Å². The summed E-state index contributed by atoms with van der Waals surface area (Å²) in [6.45, 7) is 2.52. The van der Waals surface area contributed by atoms with Crippen LogP contribution in [0.25, 0.3) is 0 Å². The standard InChI is InChI=1S/C14H23N3O3/c1-15-12-10-13(17-14(16-12)11-4-5-11)20-7-3-6-19-9-8-18-2/h10-11H,3-9H2,1-2H3,(H,15,16,17). The fourth-order valence-electron chi connectivity index (χ4n) is 1.75. The third-order valence-electron chi connectivity index (χ3n) is 3.03. The van der Waals surface area contributed by atoms with Crippen molar-refractivity contribution in [2.24, 2.45) is 0 Å². The van der Waals surface area contributed by atoms with E-state index in [2.05, 4.69) is 15.3 Å². The van der Waals surface area contributed by atoms with E-state index in [0.29, 0.717) is 38.2 Å². The average molecular weight is 281 g/mol. The summed E-state index contributed by atoms with van der Waals surface area (Å²) in [5.41, 5.74) is 0. The Bertz CT molecular complexity index is 411. The largest absolute Gasteiger partial charge is 0.477 e. The summed E-state index contributed by atoms with van der Waals surface area (Å²) in [4.78, 5) is 8.91. The van der Waals surface area contributed by atoms with Crippen molar-refractivity contribution < 1.29 is 14.2 Å². The van der Waals surface area contributed by atoms with E-state index < -0.39 is 0 Å². The molecule has 0 bridgehead atoms. The van der Waals surface area contributed by atoms with Crippen LogP contribution in [0.2, 0.25) is 0 Å². The normalized spacial score (nSPS) is 14.3. The van der Waals surface area contributed by atoms with Gasteiger partial charge in [0.15, 0.2) is 0 Å². The van der Waals surface area contributed by atoms with Crippen molar-refractivity contribution >= 4 is 5.82 Å². The van der Waals surface area contributed by atoms with Crippen LogP contribution in [0.1, 0.15) is 31.0 Å². The van der Waals surface area contributed by atoms with Crippen LogP contribution in [0, 0.1) is 0 Å². The minimum atomic E-state index is 0.517. The van der Waals surface area contributed by atoms with Crippen LogP contribution in [-0.4, -0.2) is 50.6 Å². The molecule has 1 saturated carbocycles. The van der Waals surface area contributed by atoms with E-state index >= 15 is 0 Å². The highest BCUT2D eigenvalue weighted by Crippen LogP contribution is 2.39. The van der Waals surface area contributed by atoms with Crippen LogP contribution < -0.4 is 10.1 Å². The van der Waals surface area contributed by atoms with Gasteiger partial charge in [-0.1, -0.05) is 0 Å². The van der Waals surface area contributed by atoms with Crippen LogP contribution >= 0.6 is 0 Å². The minimum absolute atomic E-state index is 0.517. The molecule has 0 amide bonds. The quantitative estimate of drug-likeness (QED) is 0.660. The monoisotopic (exact) mass is 281 g/mol. The highest BCUT2D eigenvalue weighted by Gasteiger charge is 2.27. The first-order chi connectivity index (χ1) is 9.83. The van der Waals surface area contributed by atoms with Gasteiger partial charge in [-0.05, 0) is 12.8 Å². The maximum atomic E-state index is 5.67. The molecule has 6 nitrogen and oxygen atoms in total. The Morgan fingerprint density at radius 3 is 2.75 bits per heavy atom. The lowest BCUT2D eigenvalue weighted by molar-refractivity contribution is 0.0642. The third kappa shape index (κ3) is 4.94. The SMILES string of the molecule is CNc1cc(OCCCOCCOC)nc(C2CC2)n1. The Hall–Kier alpha value is -1.40. The molecule has 0 radical (unpaired) electrons. The molecule has 1 aliphatic rings. The molecule has 2 rings (SSSR count). The number of ether oxygens (including phenoxy) is 3. The lowest BCUT2D eigenvalue weighted by atomic mass is 10.4. The fourth-order valence-corrected chi connectivity index (χ4v) is 1.75. The third-order valence-corrected chi connectivity index (χ3v) is 3.03. The van der Waals surface area contributed by atoms with Crippen LogP contribution in [0.4, 0.5) is 5.82 Å². The van der Waals surface area contributed by atoms with Crippen LogP contribution in [0.5, 0.6) is 5.88 Å². The zero-order chi connectivity index (χ0) is 14.2. The van der Waals surface area contributed by atoms with E-state index in [-0.39, 0.29) is 0 Å². The van der Waals surface area contributed by atoms with Gasteiger partial charge in [0.1, 0.15) is 11.6 Å². The second kappa shape index (κ2) is 8.01.